The van der Waals surface area contributed by atoms with E-state index in [-0.39, 0.29) is 22.4 Å². The molecule has 255 valence electrons. The minimum atomic E-state index is 0. The van der Waals surface area contributed by atoms with Crippen LogP contribution in [0.2, 0.25) is 0 Å². The first-order chi connectivity index (χ1) is 21.7. The van der Waals surface area contributed by atoms with Crippen molar-refractivity contribution in [3.05, 3.63) is 151 Å². The first kappa shape index (κ1) is 43.0. The third-order valence-electron chi connectivity index (χ3n) is 7.11. The zero-order valence-electron chi connectivity index (χ0n) is 30.6. The second kappa shape index (κ2) is 24.2. The molecule has 1 radical (unpaired) electrons. The number of benzene rings is 4. The molecule has 1 aliphatic rings. The molecule has 0 aromatic heterocycles. The van der Waals surface area contributed by atoms with Crippen molar-refractivity contribution < 1.29 is 22.4 Å². The average Bonchev–Trinajstić information content (AvgIpc) is 3.57. The van der Waals surface area contributed by atoms with Crippen molar-refractivity contribution in [2.24, 2.45) is 0 Å². The fourth-order valence-electron chi connectivity index (χ4n) is 4.97. The van der Waals surface area contributed by atoms with E-state index in [9.17, 15) is 0 Å². The number of rotatable bonds is 6. The van der Waals surface area contributed by atoms with Gasteiger partial charge in [-0.3, -0.25) is 0 Å². The Labute approximate surface area is 299 Å². The van der Waals surface area contributed by atoms with Crippen LogP contribution in [0.4, 0.5) is 11.4 Å². The van der Waals surface area contributed by atoms with E-state index in [0.29, 0.717) is 23.7 Å². The van der Waals surface area contributed by atoms with Gasteiger partial charge >= 0.3 is 0 Å². The summed E-state index contributed by atoms with van der Waals surface area (Å²) in [6.45, 7) is 28.5. The van der Waals surface area contributed by atoms with E-state index in [1.54, 1.807) is 0 Å². The van der Waals surface area contributed by atoms with Crippen LogP contribution in [0, 0.1) is 12.7 Å². The number of para-hydroxylation sites is 2. The summed E-state index contributed by atoms with van der Waals surface area (Å²) in [6.07, 6.45) is 4.43. The molecule has 2 nitrogen and oxygen atoms in total. The van der Waals surface area contributed by atoms with E-state index in [1.807, 2.05) is 94.4 Å². The molecule has 0 amide bonds. The number of hydrogen-bond donors (Lipinski definition) is 0. The van der Waals surface area contributed by atoms with Crippen LogP contribution < -0.4 is 9.80 Å². The fourth-order valence-corrected chi connectivity index (χ4v) is 4.97. The third kappa shape index (κ3) is 13.4. The Morgan fingerprint density at radius 1 is 0.435 bits per heavy atom. The quantitative estimate of drug-likeness (QED) is 0.142. The van der Waals surface area contributed by atoms with Crippen molar-refractivity contribution in [1.82, 2.24) is 0 Å². The molecule has 3 heteroatoms. The van der Waals surface area contributed by atoms with Gasteiger partial charge < -0.3 is 9.80 Å². The largest absolute Gasteiger partial charge is 0.479 e. The van der Waals surface area contributed by atoms with Crippen LogP contribution in [-0.4, -0.2) is 0 Å². The summed E-state index contributed by atoms with van der Waals surface area (Å²) in [7, 11) is 0. The summed E-state index contributed by atoms with van der Waals surface area (Å²) >= 11 is 0. The molecule has 1 heterocycles. The van der Waals surface area contributed by atoms with Crippen molar-refractivity contribution in [3.8, 4) is 0 Å². The maximum absolute atomic E-state index is 2.89. The summed E-state index contributed by atoms with van der Waals surface area (Å²) in [4.78, 5) is 4.65. The van der Waals surface area contributed by atoms with Gasteiger partial charge in [0, 0.05) is 33.8 Å². The van der Waals surface area contributed by atoms with Crippen LogP contribution in [-0.2, 0) is 22.4 Å². The van der Waals surface area contributed by atoms with Gasteiger partial charge in [0.15, 0.2) is 0 Å². The molecule has 1 aliphatic heterocycles. The first-order valence-electron chi connectivity index (χ1n) is 17.0. The second-order valence-corrected chi connectivity index (χ2v) is 11.6. The Hall–Kier alpha value is -3.04. The minimum Gasteiger partial charge on any atom is -0.479 e. The molecule has 4 aromatic rings. The topological polar surface area (TPSA) is 6.48 Å². The van der Waals surface area contributed by atoms with E-state index in [4.69, 9.17) is 0 Å². The van der Waals surface area contributed by atoms with Gasteiger partial charge in [-0.05, 0) is 58.3 Å². The molecule has 5 rings (SSSR count). The molecule has 0 unspecified atom stereocenters. The predicted molar refractivity (Wildman–Crippen MR) is 202 cm³/mol. The van der Waals surface area contributed by atoms with Gasteiger partial charge in [-0.15, -0.1) is 6.67 Å². The molecule has 0 spiro atoms. The van der Waals surface area contributed by atoms with Crippen molar-refractivity contribution >= 4 is 11.4 Å². The zero-order chi connectivity index (χ0) is 33.8. The number of nitrogens with zero attached hydrogens (tertiary/aromatic N) is 2. The Morgan fingerprint density at radius 2 is 0.696 bits per heavy atom. The molecular weight excluding hydrogens is 741 g/mol. The van der Waals surface area contributed by atoms with E-state index in [2.05, 4.69) is 127 Å². The average molecular weight is 802 g/mol. The van der Waals surface area contributed by atoms with Crippen LogP contribution in [0.5, 0.6) is 0 Å². The van der Waals surface area contributed by atoms with Gasteiger partial charge in [0.25, 0.3) is 0 Å². The van der Waals surface area contributed by atoms with E-state index in [0.717, 1.165) is 0 Å². The van der Waals surface area contributed by atoms with Gasteiger partial charge in [-0.25, -0.2) is 0 Å². The predicted octanol–water partition coefficient (Wildman–Crippen LogP) is 13.3. The van der Waals surface area contributed by atoms with E-state index in [1.165, 1.54) is 33.6 Å². The maximum atomic E-state index is 2.89. The first-order valence-corrected chi connectivity index (χ1v) is 17.0. The Balaban J connectivity index is 0.000000976. The summed E-state index contributed by atoms with van der Waals surface area (Å²) in [5.41, 5.74) is 8.29. The van der Waals surface area contributed by atoms with Crippen LogP contribution in [0.1, 0.15) is 129 Å². The van der Waals surface area contributed by atoms with E-state index >= 15 is 0 Å². The fraction of sp³-hybridized carbons (Fsp3) is 0.372. The van der Waals surface area contributed by atoms with Crippen molar-refractivity contribution in [1.29, 1.82) is 0 Å². The monoisotopic (exact) mass is 801 g/mol. The summed E-state index contributed by atoms with van der Waals surface area (Å²) in [6, 6.07) is 38.0. The molecule has 4 aromatic carbocycles. The second-order valence-electron chi connectivity index (χ2n) is 11.6. The van der Waals surface area contributed by atoms with Gasteiger partial charge in [0.1, 0.15) is 0 Å². The molecule has 0 fully saturated rings. The smallest absolute Gasteiger partial charge is 0.0195 e. The maximum Gasteiger partial charge on any atom is 0.0195 e. The molecule has 0 atom stereocenters. The molecule has 0 saturated carbocycles. The van der Waals surface area contributed by atoms with Gasteiger partial charge in [-0.2, -0.15) is 36.4 Å². The van der Waals surface area contributed by atoms with Crippen LogP contribution >= 0.6 is 0 Å². The third-order valence-corrected chi connectivity index (χ3v) is 7.11. The van der Waals surface area contributed by atoms with Gasteiger partial charge in [0.05, 0.1) is 0 Å². The Morgan fingerprint density at radius 3 is 0.891 bits per heavy atom. The SMILES string of the molecule is CC.CC.CC(C)c1cccc(C(C)C)c1N1C=CN(c2c(C(C)C)cccc2C(C)C)[CH-]1.[Au].[c-]1ccccc1.c1ccccc1. The summed E-state index contributed by atoms with van der Waals surface area (Å²) in [5.74, 6) is 1.92. The Bertz CT molecular complexity index is 1120. The van der Waals surface area contributed by atoms with Gasteiger partial charge in [-0.1, -0.05) is 156 Å². The Kier molecular flexibility index (Phi) is 22.6. The van der Waals surface area contributed by atoms with E-state index < -0.39 is 0 Å². The van der Waals surface area contributed by atoms with Crippen LogP contribution in [0.25, 0.3) is 0 Å². The van der Waals surface area contributed by atoms with Crippen molar-refractivity contribution in [2.75, 3.05) is 9.80 Å². The summed E-state index contributed by atoms with van der Waals surface area (Å²) < 4.78 is 0. The number of anilines is 2. The minimum absolute atomic E-state index is 0. The van der Waals surface area contributed by atoms with Crippen LogP contribution in [0.3, 0.4) is 0 Å². The number of hydrogen-bond acceptors (Lipinski definition) is 2. The van der Waals surface area contributed by atoms with Gasteiger partial charge in [0.2, 0.25) is 0 Å². The molecule has 0 bridgehead atoms. The normalized spacial score (nSPS) is 11.4. The molecule has 46 heavy (non-hydrogen) atoms. The summed E-state index contributed by atoms with van der Waals surface area (Å²) in [5, 5.41) is 0. The zero-order valence-corrected chi connectivity index (χ0v) is 32.7. The molecule has 0 aliphatic carbocycles. The molecule has 0 saturated heterocycles. The van der Waals surface area contributed by atoms with Crippen molar-refractivity contribution in [2.45, 2.75) is 107 Å². The van der Waals surface area contributed by atoms with Crippen LogP contribution in [0.15, 0.2) is 116 Å². The van der Waals surface area contributed by atoms with Crippen molar-refractivity contribution in [3.63, 3.8) is 0 Å². The molecular formula is C43H60AuN2-2. The molecule has 0 N–H and O–H groups in total. The standard InChI is InChI=1S/C27H37N2.C6H6.C6H5.2C2H6.Au/c1-18(2)22-11-9-12-23(19(3)4)26(22)28-15-16-29(17-28)27-24(20(5)6)13-10-14-25(27)21(7)8;2*1-2-4-6-5-3-1;2*1-2;/h9-21H,1-8H3;1-6H;1-5H;2*1-2H3;/q-1;;-1;;;.